The van der Waals surface area contributed by atoms with Crippen molar-refractivity contribution < 1.29 is 4.42 Å². The van der Waals surface area contributed by atoms with Gasteiger partial charge in [-0.25, -0.2) is 0 Å². The van der Waals surface area contributed by atoms with E-state index < -0.39 is 0 Å². The molecule has 1 aliphatic carbocycles. The van der Waals surface area contributed by atoms with Crippen LogP contribution in [0.25, 0.3) is 0 Å². The van der Waals surface area contributed by atoms with Gasteiger partial charge in [-0.3, -0.25) is 0 Å². The van der Waals surface area contributed by atoms with Crippen LogP contribution in [-0.2, 0) is 13.1 Å². The SMILES string of the molecule is CC(CNCc1ccc(CN)o1)C1CC1. The minimum absolute atomic E-state index is 0.485. The van der Waals surface area contributed by atoms with Crippen LogP contribution in [0.3, 0.4) is 0 Å². The monoisotopic (exact) mass is 208 g/mol. The molecule has 1 unspecified atom stereocenters. The highest BCUT2D eigenvalue weighted by Gasteiger charge is 2.27. The highest BCUT2D eigenvalue weighted by atomic mass is 16.3. The van der Waals surface area contributed by atoms with Gasteiger partial charge in [-0.2, -0.15) is 0 Å². The van der Waals surface area contributed by atoms with Gasteiger partial charge >= 0.3 is 0 Å². The molecule has 1 atom stereocenters. The summed E-state index contributed by atoms with van der Waals surface area (Å²) in [6.07, 6.45) is 2.84. The van der Waals surface area contributed by atoms with Crippen LogP contribution in [0, 0.1) is 11.8 Å². The Balaban J connectivity index is 1.68. The van der Waals surface area contributed by atoms with E-state index in [1.807, 2.05) is 12.1 Å². The Morgan fingerprint density at radius 1 is 1.47 bits per heavy atom. The van der Waals surface area contributed by atoms with Crippen LogP contribution < -0.4 is 11.1 Å². The molecule has 1 saturated carbocycles. The maximum absolute atomic E-state index is 5.50. The highest BCUT2D eigenvalue weighted by molar-refractivity contribution is 5.06. The van der Waals surface area contributed by atoms with Gasteiger partial charge in [-0.15, -0.1) is 0 Å². The van der Waals surface area contributed by atoms with Crippen LogP contribution in [0.1, 0.15) is 31.3 Å². The molecule has 0 aliphatic heterocycles. The lowest BCUT2D eigenvalue weighted by molar-refractivity contribution is 0.416. The van der Waals surface area contributed by atoms with Crippen LogP contribution in [0.15, 0.2) is 16.5 Å². The van der Waals surface area contributed by atoms with E-state index in [0.29, 0.717) is 6.54 Å². The molecule has 0 aromatic carbocycles. The number of nitrogens with two attached hydrogens (primary N) is 1. The molecule has 0 bridgehead atoms. The van der Waals surface area contributed by atoms with Crippen LogP contribution in [-0.4, -0.2) is 6.54 Å². The number of hydrogen-bond acceptors (Lipinski definition) is 3. The van der Waals surface area contributed by atoms with Gasteiger partial charge in [-0.1, -0.05) is 6.92 Å². The van der Waals surface area contributed by atoms with E-state index in [2.05, 4.69) is 12.2 Å². The fraction of sp³-hybridized carbons (Fsp3) is 0.667. The molecule has 0 saturated heterocycles. The molecule has 3 nitrogen and oxygen atoms in total. The first-order valence-corrected chi connectivity index (χ1v) is 5.78. The average Bonchev–Trinajstić information content (AvgIpc) is 2.99. The summed E-state index contributed by atoms with van der Waals surface area (Å²) < 4.78 is 5.50. The minimum Gasteiger partial charge on any atom is -0.463 e. The summed E-state index contributed by atoms with van der Waals surface area (Å²) in [5.41, 5.74) is 5.47. The van der Waals surface area contributed by atoms with E-state index in [-0.39, 0.29) is 0 Å². The topological polar surface area (TPSA) is 51.2 Å². The molecule has 2 rings (SSSR count). The van der Waals surface area contributed by atoms with Crippen LogP contribution >= 0.6 is 0 Å². The van der Waals surface area contributed by atoms with Crippen LogP contribution in [0.4, 0.5) is 0 Å². The van der Waals surface area contributed by atoms with Crippen molar-refractivity contribution in [2.75, 3.05) is 6.54 Å². The Kier molecular flexibility index (Phi) is 3.44. The summed E-state index contributed by atoms with van der Waals surface area (Å²) >= 11 is 0. The van der Waals surface area contributed by atoms with Gasteiger partial charge in [0.2, 0.25) is 0 Å². The Bertz CT molecular complexity index is 304. The second-order valence-corrected chi connectivity index (χ2v) is 4.52. The van der Waals surface area contributed by atoms with Crippen molar-refractivity contribution in [3.05, 3.63) is 23.7 Å². The summed E-state index contributed by atoms with van der Waals surface area (Å²) in [5, 5.41) is 3.43. The average molecular weight is 208 g/mol. The molecule has 1 aromatic heterocycles. The number of rotatable bonds is 6. The highest BCUT2D eigenvalue weighted by Crippen LogP contribution is 2.36. The van der Waals surface area contributed by atoms with E-state index in [9.17, 15) is 0 Å². The normalized spacial score (nSPS) is 18.0. The Labute approximate surface area is 91.0 Å². The molecular weight excluding hydrogens is 188 g/mol. The predicted octanol–water partition coefficient (Wildman–Crippen LogP) is 1.87. The maximum atomic E-state index is 5.50. The summed E-state index contributed by atoms with van der Waals surface area (Å²) in [5.74, 6) is 3.61. The summed E-state index contributed by atoms with van der Waals surface area (Å²) in [6, 6.07) is 3.94. The van der Waals surface area contributed by atoms with E-state index in [1.54, 1.807) is 0 Å². The first kappa shape index (κ1) is 10.7. The van der Waals surface area contributed by atoms with E-state index >= 15 is 0 Å². The van der Waals surface area contributed by atoms with Gasteiger partial charge in [-0.05, 0) is 43.4 Å². The van der Waals surface area contributed by atoms with Gasteiger partial charge in [0, 0.05) is 0 Å². The van der Waals surface area contributed by atoms with E-state index in [4.69, 9.17) is 10.2 Å². The molecule has 1 aliphatic rings. The smallest absolute Gasteiger partial charge is 0.118 e. The summed E-state index contributed by atoms with van der Waals surface area (Å²) in [6.45, 7) is 4.71. The zero-order valence-corrected chi connectivity index (χ0v) is 9.33. The molecule has 3 N–H and O–H groups in total. The third kappa shape index (κ3) is 3.08. The van der Waals surface area contributed by atoms with Crippen molar-refractivity contribution in [2.24, 2.45) is 17.6 Å². The Hall–Kier alpha value is -0.800. The fourth-order valence-electron chi connectivity index (χ4n) is 1.88. The minimum atomic E-state index is 0.485. The molecule has 3 heteroatoms. The maximum Gasteiger partial charge on any atom is 0.118 e. The summed E-state index contributed by atoms with van der Waals surface area (Å²) in [4.78, 5) is 0. The lowest BCUT2D eigenvalue weighted by Crippen LogP contribution is -2.21. The van der Waals surface area contributed by atoms with Crippen molar-refractivity contribution in [3.63, 3.8) is 0 Å². The molecule has 84 valence electrons. The first-order chi connectivity index (χ1) is 7.29. The van der Waals surface area contributed by atoms with Crippen LogP contribution in [0.5, 0.6) is 0 Å². The zero-order valence-electron chi connectivity index (χ0n) is 9.33. The molecule has 0 radical (unpaired) electrons. The third-order valence-corrected chi connectivity index (χ3v) is 3.11. The van der Waals surface area contributed by atoms with Crippen molar-refractivity contribution in [3.8, 4) is 0 Å². The van der Waals surface area contributed by atoms with Crippen molar-refractivity contribution in [2.45, 2.75) is 32.9 Å². The largest absolute Gasteiger partial charge is 0.463 e. The van der Waals surface area contributed by atoms with Crippen molar-refractivity contribution in [1.29, 1.82) is 0 Å². The number of nitrogens with one attached hydrogen (secondary N) is 1. The molecule has 0 spiro atoms. The second-order valence-electron chi connectivity index (χ2n) is 4.52. The van der Waals surface area contributed by atoms with Gasteiger partial charge in [0.1, 0.15) is 11.5 Å². The predicted molar refractivity (Wildman–Crippen MR) is 60.2 cm³/mol. The van der Waals surface area contributed by atoms with E-state index in [1.165, 1.54) is 12.8 Å². The zero-order chi connectivity index (χ0) is 10.7. The number of furan rings is 1. The molecule has 0 amide bonds. The third-order valence-electron chi connectivity index (χ3n) is 3.11. The number of hydrogen-bond donors (Lipinski definition) is 2. The van der Waals surface area contributed by atoms with Crippen LogP contribution in [0.2, 0.25) is 0 Å². The molecule has 1 heterocycles. The van der Waals surface area contributed by atoms with Gasteiger partial charge in [0.15, 0.2) is 0 Å². The standard InChI is InChI=1S/C12H20N2O/c1-9(10-2-3-10)7-14-8-12-5-4-11(6-13)15-12/h4-5,9-10,14H,2-3,6-8,13H2,1H3. The Morgan fingerprint density at radius 3 is 2.80 bits per heavy atom. The lowest BCUT2D eigenvalue weighted by Gasteiger charge is -2.09. The second kappa shape index (κ2) is 4.81. The summed E-state index contributed by atoms with van der Waals surface area (Å²) in [7, 11) is 0. The first-order valence-electron chi connectivity index (χ1n) is 5.78. The molecule has 15 heavy (non-hydrogen) atoms. The van der Waals surface area contributed by atoms with Crippen molar-refractivity contribution in [1.82, 2.24) is 5.32 Å². The fourth-order valence-corrected chi connectivity index (χ4v) is 1.88. The molecule has 1 aromatic rings. The molecular formula is C12H20N2O. The van der Waals surface area contributed by atoms with Crippen molar-refractivity contribution >= 4 is 0 Å². The van der Waals surface area contributed by atoms with Gasteiger partial charge < -0.3 is 15.5 Å². The molecule has 1 fully saturated rings. The Morgan fingerprint density at radius 2 is 2.20 bits per heavy atom. The van der Waals surface area contributed by atoms with Gasteiger partial charge in [0.25, 0.3) is 0 Å². The van der Waals surface area contributed by atoms with Gasteiger partial charge in [0.05, 0.1) is 13.1 Å². The van der Waals surface area contributed by atoms with E-state index in [0.717, 1.165) is 36.4 Å². The lowest BCUT2D eigenvalue weighted by atomic mass is 10.1. The quantitative estimate of drug-likeness (QED) is 0.750.